The first-order chi connectivity index (χ1) is 13.0. The first-order valence-electron chi connectivity index (χ1n) is 9.10. The number of aromatic nitrogens is 1. The standard InChI is InChI=1S/C18H17F3N2O2/c1-18(20,21)14-9-12(10-22-17(14)25-2)23-7-6-13-11(8-16(23)24)4-3-5-15(13)19/h3-5,9-10H,6-8H2,1-2H3/i2D3. The smallest absolute Gasteiger partial charge is 0.275 e. The first kappa shape index (κ1) is 13.7. The molecule has 1 aromatic heterocycles. The van der Waals surface area contributed by atoms with Gasteiger partial charge in [0.25, 0.3) is 5.92 Å². The van der Waals surface area contributed by atoms with Crippen molar-refractivity contribution in [1.29, 1.82) is 0 Å². The van der Waals surface area contributed by atoms with E-state index in [1.165, 1.54) is 17.0 Å². The summed E-state index contributed by atoms with van der Waals surface area (Å²) in [4.78, 5) is 17.6. The molecule has 0 atom stereocenters. The van der Waals surface area contributed by atoms with Crippen molar-refractivity contribution >= 4 is 11.6 Å². The second-order valence-electron chi connectivity index (χ2n) is 5.89. The molecule has 0 saturated carbocycles. The van der Waals surface area contributed by atoms with E-state index >= 15 is 0 Å². The molecule has 0 fully saturated rings. The molecule has 1 aliphatic heterocycles. The number of hydrogen-bond donors (Lipinski definition) is 0. The number of nitrogens with zero attached hydrogens (tertiary/aromatic N) is 2. The Kier molecular flexibility index (Phi) is 3.50. The lowest BCUT2D eigenvalue weighted by Crippen LogP contribution is -2.32. The van der Waals surface area contributed by atoms with E-state index in [9.17, 15) is 18.0 Å². The fourth-order valence-corrected chi connectivity index (χ4v) is 2.91. The van der Waals surface area contributed by atoms with Crippen molar-refractivity contribution in [1.82, 2.24) is 4.98 Å². The number of amides is 1. The van der Waals surface area contributed by atoms with Gasteiger partial charge in [-0.25, -0.2) is 18.2 Å². The zero-order valence-corrected chi connectivity index (χ0v) is 13.4. The normalized spacial score (nSPS) is 17.2. The van der Waals surface area contributed by atoms with Crippen molar-refractivity contribution in [2.24, 2.45) is 0 Å². The molecule has 7 heteroatoms. The third kappa shape index (κ3) is 3.31. The second-order valence-corrected chi connectivity index (χ2v) is 5.89. The Bertz CT molecular complexity index is 914. The highest BCUT2D eigenvalue weighted by Crippen LogP contribution is 2.36. The Morgan fingerprint density at radius 2 is 2.20 bits per heavy atom. The van der Waals surface area contributed by atoms with Crippen LogP contribution in [0.5, 0.6) is 5.88 Å². The fraction of sp³-hybridized carbons (Fsp3) is 0.333. The molecule has 0 spiro atoms. The molecule has 132 valence electrons. The van der Waals surface area contributed by atoms with Crippen molar-refractivity contribution < 1.29 is 26.8 Å². The minimum atomic E-state index is -3.45. The van der Waals surface area contributed by atoms with Gasteiger partial charge in [0.15, 0.2) is 0 Å². The molecule has 1 amide bonds. The SMILES string of the molecule is [2H]C([2H])([2H])Oc1ncc(N2CCc3c(F)cccc3CC2=O)cc1C(C)(F)F. The molecule has 0 aliphatic carbocycles. The monoisotopic (exact) mass is 353 g/mol. The van der Waals surface area contributed by atoms with E-state index in [4.69, 9.17) is 4.11 Å². The third-order valence-corrected chi connectivity index (χ3v) is 4.16. The average Bonchev–Trinajstić information content (AvgIpc) is 2.72. The van der Waals surface area contributed by atoms with E-state index in [-0.39, 0.29) is 25.1 Å². The summed E-state index contributed by atoms with van der Waals surface area (Å²) in [5, 5.41) is 0. The first-order valence-corrected chi connectivity index (χ1v) is 7.60. The van der Waals surface area contributed by atoms with Crippen LogP contribution in [0.2, 0.25) is 0 Å². The molecule has 1 aromatic carbocycles. The maximum absolute atomic E-state index is 14.0. The maximum atomic E-state index is 14.0. The minimum absolute atomic E-state index is 0.0626. The summed E-state index contributed by atoms with van der Waals surface area (Å²) in [6.07, 6.45) is 1.22. The number of benzene rings is 1. The van der Waals surface area contributed by atoms with Crippen LogP contribution in [0.3, 0.4) is 0 Å². The number of rotatable bonds is 3. The van der Waals surface area contributed by atoms with Crippen LogP contribution >= 0.6 is 0 Å². The lowest BCUT2D eigenvalue weighted by atomic mass is 10.0. The number of carbonyl (C=O) groups excluding carboxylic acids is 1. The van der Waals surface area contributed by atoms with Gasteiger partial charge in [-0.05, 0) is 29.7 Å². The van der Waals surface area contributed by atoms with E-state index < -0.39 is 36.1 Å². The van der Waals surface area contributed by atoms with Crippen LogP contribution in [0.25, 0.3) is 0 Å². The van der Waals surface area contributed by atoms with Crippen molar-refractivity contribution in [3.8, 4) is 5.88 Å². The van der Waals surface area contributed by atoms with Crippen LogP contribution in [0, 0.1) is 5.82 Å². The van der Waals surface area contributed by atoms with Gasteiger partial charge in [-0.3, -0.25) is 4.79 Å². The fourth-order valence-electron chi connectivity index (χ4n) is 2.91. The summed E-state index contributed by atoms with van der Waals surface area (Å²) < 4.78 is 68.0. The van der Waals surface area contributed by atoms with Gasteiger partial charge in [0.2, 0.25) is 11.8 Å². The van der Waals surface area contributed by atoms with Crippen LogP contribution in [-0.4, -0.2) is 24.5 Å². The van der Waals surface area contributed by atoms with Gasteiger partial charge in [0, 0.05) is 13.5 Å². The number of carbonyl (C=O) groups is 1. The van der Waals surface area contributed by atoms with Gasteiger partial charge < -0.3 is 9.64 Å². The lowest BCUT2D eigenvalue weighted by Gasteiger charge is -2.23. The Morgan fingerprint density at radius 3 is 2.92 bits per heavy atom. The molecule has 1 aliphatic rings. The number of halogens is 3. The van der Waals surface area contributed by atoms with E-state index in [2.05, 4.69) is 9.72 Å². The highest BCUT2D eigenvalue weighted by molar-refractivity contribution is 5.95. The molecule has 0 radical (unpaired) electrons. The number of hydrogen-bond acceptors (Lipinski definition) is 3. The third-order valence-electron chi connectivity index (χ3n) is 4.16. The van der Waals surface area contributed by atoms with Crippen LogP contribution in [0.1, 0.15) is 27.7 Å². The zero-order valence-electron chi connectivity index (χ0n) is 16.4. The summed E-state index contributed by atoms with van der Waals surface area (Å²) >= 11 is 0. The van der Waals surface area contributed by atoms with Gasteiger partial charge in [-0.2, -0.15) is 0 Å². The predicted octanol–water partition coefficient (Wildman–Crippen LogP) is 3.47. The zero-order chi connectivity index (χ0) is 20.7. The number of ether oxygens (including phenoxy) is 1. The Labute approximate surface area is 147 Å². The van der Waals surface area contributed by atoms with Crippen molar-refractivity contribution in [3.05, 3.63) is 53.0 Å². The predicted molar refractivity (Wildman–Crippen MR) is 86.5 cm³/mol. The summed E-state index contributed by atoms with van der Waals surface area (Å²) in [7, 11) is -2.95. The lowest BCUT2D eigenvalue weighted by molar-refractivity contribution is -0.117. The molecule has 3 rings (SSSR count). The average molecular weight is 353 g/mol. The Balaban J connectivity index is 1.98. The van der Waals surface area contributed by atoms with Crippen LogP contribution in [0.15, 0.2) is 30.5 Å². The molecule has 4 nitrogen and oxygen atoms in total. The van der Waals surface area contributed by atoms with Crippen molar-refractivity contribution in [3.63, 3.8) is 0 Å². The van der Waals surface area contributed by atoms with Gasteiger partial charge in [-0.15, -0.1) is 0 Å². The van der Waals surface area contributed by atoms with E-state index in [1.807, 2.05) is 0 Å². The van der Waals surface area contributed by atoms with E-state index in [0.717, 1.165) is 12.3 Å². The molecule has 2 aromatic rings. The Hall–Kier alpha value is -2.57. The van der Waals surface area contributed by atoms with Gasteiger partial charge in [-0.1, -0.05) is 12.1 Å². The van der Waals surface area contributed by atoms with Crippen molar-refractivity contribution in [2.75, 3.05) is 18.5 Å². The van der Waals surface area contributed by atoms with Gasteiger partial charge >= 0.3 is 0 Å². The summed E-state index contributed by atoms with van der Waals surface area (Å²) in [6.45, 7) is 0.651. The largest absolute Gasteiger partial charge is 0.481 e. The van der Waals surface area contributed by atoms with Crippen LogP contribution in [-0.2, 0) is 23.6 Å². The van der Waals surface area contributed by atoms with Gasteiger partial charge in [0.1, 0.15) is 5.82 Å². The molecule has 0 saturated heterocycles. The number of pyridine rings is 1. The topological polar surface area (TPSA) is 42.4 Å². The number of anilines is 1. The molecule has 0 unspecified atom stereocenters. The molecular formula is C18H17F3N2O2. The van der Waals surface area contributed by atoms with Crippen LogP contribution < -0.4 is 9.64 Å². The maximum Gasteiger partial charge on any atom is 0.275 e. The number of methoxy groups -OCH3 is 1. The van der Waals surface area contributed by atoms with Gasteiger partial charge in [0.05, 0.1) is 35.0 Å². The van der Waals surface area contributed by atoms with E-state index in [0.29, 0.717) is 18.1 Å². The van der Waals surface area contributed by atoms with Crippen molar-refractivity contribution in [2.45, 2.75) is 25.7 Å². The summed E-state index contributed by atoms with van der Waals surface area (Å²) in [6, 6.07) is 5.45. The number of alkyl halides is 2. The summed E-state index contributed by atoms with van der Waals surface area (Å²) in [5.74, 6) is -5.01. The van der Waals surface area contributed by atoms with Crippen LogP contribution in [0.4, 0.5) is 18.9 Å². The molecule has 0 bridgehead atoms. The minimum Gasteiger partial charge on any atom is -0.481 e. The second kappa shape index (κ2) is 6.38. The molecule has 2 heterocycles. The quantitative estimate of drug-likeness (QED) is 0.849. The Morgan fingerprint density at radius 1 is 1.40 bits per heavy atom. The molecule has 0 N–H and O–H groups in total. The molecule has 25 heavy (non-hydrogen) atoms. The summed E-state index contributed by atoms with van der Waals surface area (Å²) in [5.41, 5.74) is 0.271. The highest BCUT2D eigenvalue weighted by atomic mass is 19.3. The number of fused-ring (bicyclic) bond motifs is 1. The highest BCUT2D eigenvalue weighted by Gasteiger charge is 2.32. The molecular weight excluding hydrogens is 333 g/mol. The van der Waals surface area contributed by atoms with E-state index in [1.54, 1.807) is 6.07 Å².